The van der Waals surface area contributed by atoms with Crippen molar-refractivity contribution in [2.24, 2.45) is 5.73 Å². The molecule has 2 saturated heterocycles. The number of hydrogen-bond donors (Lipinski definition) is 3. The number of aromatic amines is 1. The van der Waals surface area contributed by atoms with E-state index in [2.05, 4.69) is 22.2 Å². The van der Waals surface area contributed by atoms with Crippen molar-refractivity contribution in [2.45, 2.75) is 121 Å². The smallest absolute Gasteiger partial charge is 0.246 e. The lowest BCUT2D eigenvalue weighted by Gasteiger charge is -2.29. The molecule has 0 aliphatic carbocycles. The number of hydrogen-bond acceptors (Lipinski definition) is 6. The van der Waals surface area contributed by atoms with Crippen LogP contribution in [0.15, 0.2) is 12.5 Å². The normalized spacial score (nSPS) is 19.9. The Kier molecular flexibility index (Phi) is 11.9. The molecule has 0 bridgehead atoms. The third-order valence-electron chi connectivity index (χ3n) is 7.74. The van der Waals surface area contributed by atoms with Gasteiger partial charge in [-0.15, -0.1) is 0 Å². The lowest BCUT2D eigenvalue weighted by Crippen LogP contribution is -2.57. The second-order valence-electron chi connectivity index (χ2n) is 10.7. The van der Waals surface area contributed by atoms with Crippen LogP contribution in [0.2, 0.25) is 0 Å². The quantitative estimate of drug-likeness (QED) is 0.271. The van der Waals surface area contributed by atoms with Gasteiger partial charge in [-0.2, -0.15) is 0 Å². The highest BCUT2D eigenvalue weighted by molar-refractivity contribution is 6.03. The predicted molar refractivity (Wildman–Crippen MR) is 145 cm³/mol. The summed E-state index contributed by atoms with van der Waals surface area (Å²) in [6.07, 6.45) is 14.8. The molecule has 0 aromatic carbocycles. The Balaban J connectivity index is 1.57. The number of unbranched alkanes of at least 4 members (excludes halogenated alkanes) is 8. The highest BCUT2D eigenvalue weighted by Crippen LogP contribution is 2.23. The number of nitrogens with two attached hydrogens (primary N) is 1. The highest BCUT2D eigenvalue weighted by atomic mass is 16.2. The second-order valence-corrected chi connectivity index (χ2v) is 10.7. The summed E-state index contributed by atoms with van der Waals surface area (Å²) in [5.74, 6) is -2.25. The van der Waals surface area contributed by atoms with E-state index in [4.69, 9.17) is 5.73 Å². The highest BCUT2D eigenvalue weighted by Gasteiger charge is 2.42. The first-order valence-electron chi connectivity index (χ1n) is 14.6. The minimum Gasteiger partial charge on any atom is -0.368 e. The van der Waals surface area contributed by atoms with Gasteiger partial charge in [0.15, 0.2) is 0 Å². The number of nitrogens with one attached hydrogen (secondary N) is 2. The molecule has 0 saturated carbocycles. The van der Waals surface area contributed by atoms with Crippen LogP contribution in [0.1, 0.15) is 103 Å². The zero-order valence-electron chi connectivity index (χ0n) is 23.2. The van der Waals surface area contributed by atoms with Crippen LogP contribution >= 0.6 is 0 Å². The topological polar surface area (TPSA) is 159 Å². The Morgan fingerprint density at radius 2 is 1.74 bits per heavy atom. The molecule has 11 heteroatoms. The monoisotopic (exact) mass is 544 g/mol. The second kappa shape index (κ2) is 15.4. The fraction of sp³-hybridized carbons (Fsp3) is 0.714. The molecule has 2 aliphatic heterocycles. The van der Waals surface area contributed by atoms with Crippen LogP contribution in [0.5, 0.6) is 0 Å². The number of rotatable bonds is 16. The predicted octanol–water partition coefficient (Wildman–Crippen LogP) is 2.35. The number of amides is 5. The van der Waals surface area contributed by atoms with Gasteiger partial charge < -0.3 is 20.9 Å². The van der Waals surface area contributed by atoms with Crippen LogP contribution in [0.3, 0.4) is 0 Å². The molecule has 2 aliphatic rings. The van der Waals surface area contributed by atoms with Gasteiger partial charge in [0, 0.05) is 37.7 Å². The molecule has 4 N–H and O–H groups in total. The van der Waals surface area contributed by atoms with Crippen molar-refractivity contribution in [3.05, 3.63) is 18.2 Å². The number of primary amides is 1. The van der Waals surface area contributed by atoms with Gasteiger partial charge in [0.2, 0.25) is 29.5 Å². The minimum absolute atomic E-state index is 0.108. The molecule has 39 heavy (non-hydrogen) atoms. The van der Waals surface area contributed by atoms with Gasteiger partial charge in [-0.05, 0) is 25.7 Å². The first-order chi connectivity index (χ1) is 18.8. The van der Waals surface area contributed by atoms with E-state index in [1.54, 1.807) is 6.20 Å². The number of imidazole rings is 1. The van der Waals surface area contributed by atoms with Crippen LogP contribution in [0.4, 0.5) is 0 Å². The van der Waals surface area contributed by atoms with Crippen LogP contribution in [-0.2, 0) is 30.4 Å². The van der Waals surface area contributed by atoms with Crippen molar-refractivity contribution in [2.75, 3.05) is 6.54 Å². The van der Waals surface area contributed by atoms with E-state index in [1.807, 2.05) is 0 Å². The van der Waals surface area contributed by atoms with Gasteiger partial charge in [0.1, 0.15) is 18.1 Å². The molecule has 2 fully saturated rings. The van der Waals surface area contributed by atoms with Gasteiger partial charge in [-0.1, -0.05) is 58.3 Å². The lowest BCUT2D eigenvalue weighted by molar-refractivity contribution is -0.148. The molecule has 3 heterocycles. The molecule has 1 aromatic rings. The summed E-state index contributed by atoms with van der Waals surface area (Å²) in [4.78, 5) is 73.6. The average Bonchev–Trinajstić information content (AvgIpc) is 3.68. The van der Waals surface area contributed by atoms with E-state index in [0.29, 0.717) is 31.5 Å². The summed E-state index contributed by atoms with van der Waals surface area (Å²) in [6.45, 7) is 2.57. The van der Waals surface area contributed by atoms with Crippen molar-refractivity contribution < 1.29 is 24.0 Å². The SMILES string of the molecule is CCCCCCCCCCCC(=O)N1C(=O)CCC1C(=O)NC(Cc1cnc[nH]1)C(=O)N1CCCC1C(N)=O. The standard InChI is InChI=1S/C28H44N6O5/c1-2-3-4-5-6-7-8-9-10-13-24(35)34-23(14-15-25(34)36)27(38)32-21(17-20-18-30-19-31-20)28(39)33-16-11-12-22(33)26(29)37/h18-19,21-23H,2-17H2,1H3,(H2,29,37)(H,30,31)(H,32,38). The van der Waals surface area contributed by atoms with Crippen molar-refractivity contribution in [3.63, 3.8) is 0 Å². The Morgan fingerprint density at radius 3 is 2.38 bits per heavy atom. The maximum atomic E-state index is 13.4. The number of likely N-dealkylation sites (tertiary alicyclic amines) is 2. The molecule has 3 unspecified atom stereocenters. The van der Waals surface area contributed by atoms with E-state index in [1.165, 1.54) is 43.3 Å². The molecule has 5 amide bonds. The van der Waals surface area contributed by atoms with Crippen LogP contribution in [-0.4, -0.2) is 74.0 Å². The molecule has 3 atom stereocenters. The number of aromatic nitrogens is 2. The summed E-state index contributed by atoms with van der Waals surface area (Å²) >= 11 is 0. The molecular formula is C28H44N6O5. The average molecular weight is 545 g/mol. The van der Waals surface area contributed by atoms with Gasteiger partial charge in [0.05, 0.1) is 6.33 Å². The largest absolute Gasteiger partial charge is 0.368 e. The van der Waals surface area contributed by atoms with Crippen molar-refractivity contribution in [3.8, 4) is 0 Å². The van der Waals surface area contributed by atoms with Crippen LogP contribution < -0.4 is 11.1 Å². The van der Waals surface area contributed by atoms with E-state index in [9.17, 15) is 24.0 Å². The zero-order valence-corrected chi connectivity index (χ0v) is 23.2. The van der Waals surface area contributed by atoms with Gasteiger partial charge >= 0.3 is 0 Å². The zero-order chi connectivity index (χ0) is 28.2. The van der Waals surface area contributed by atoms with E-state index < -0.39 is 35.8 Å². The van der Waals surface area contributed by atoms with Gasteiger partial charge in [-0.3, -0.25) is 28.9 Å². The number of carbonyl (C=O) groups excluding carboxylic acids is 5. The van der Waals surface area contributed by atoms with Crippen LogP contribution in [0, 0.1) is 0 Å². The summed E-state index contributed by atoms with van der Waals surface area (Å²) < 4.78 is 0. The molecule has 216 valence electrons. The van der Waals surface area contributed by atoms with Crippen molar-refractivity contribution in [1.29, 1.82) is 0 Å². The Hall–Kier alpha value is -3.24. The minimum atomic E-state index is -0.997. The molecular weight excluding hydrogens is 500 g/mol. The molecule has 1 aromatic heterocycles. The maximum absolute atomic E-state index is 13.4. The molecule has 11 nitrogen and oxygen atoms in total. The van der Waals surface area contributed by atoms with Crippen molar-refractivity contribution in [1.82, 2.24) is 25.1 Å². The third-order valence-corrected chi connectivity index (χ3v) is 7.74. The van der Waals surface area contributed by atoms with Crippen LogP contribution in [0.25, 0.3) is 0 Å². The molecule has 0 radical (unpaired) electrons. The fourth-order valence-corrected chi connectivity index (χ4v) is 5.56. The van der Waals surface area contributed by atoms with Crippen molar-refractivity contribution >= 4 is 29.5 Å². The number of H-pyrrole nitrogens is 1. The number of nitrogens with zero attached hydrogens (tertiary/aromatic N) is 3. The van der Waals surface area contributed by atoms with E-state index >= 15 is 0 Å². The number of imide groups is 1. The Morgan fingerprint density at radius 1 is 1.05 bits per heavy atom. The lowest BCUT2D eigenvalue weighted by atomic mass is 10.1. The number of carbonyl (C=O) groups is 5. The van der Waals surface area contributed by atoms with Gasteiger partial charge in [-0.25, -0.2) is 4.98 Å². The summed E-state index contributed by atoms with van der Waals surface area (Å²) in [6, 6.07) is -2.67. The molecule has 3 rings (SSSR count). The first-order valence-corrected chi connectivity index (χ1v) is 14.6. The van der Waals surface area contributed by atoms with Gasteiger partial charge in [0.25, 0.3) is 0 Å². The molecule has 0 spiro atoms. The van der Waals surface area contributed by atoms with E-state index in [0.717, 1.165) is 24.2 Å². The summed E-state index contributed by atoms with van der Waals surface area (Å²) in [7, 11) is 0. The summed E-state index contributed by atoms with van der Waals surface area (Å²) in [5, 5.41) is 2.77. The fourth-order valence-electron chi connectivity index (χ4n) is 5.56. The summed E-state index contributed by atoms with van der Waals surface area (Å²) in [5.41, 5.74) is 6.13. The third kappa shape index (κ3) is 8.63. The Labute approximate surface area is 230 Å². The maximum Gasteiger partial charge on any atom is 0.246 e. The Bertz CT molecular complexity index is 981. The van der Waals surface area contributed by atoms with E-state index in [-0.39, 0.29) is 37.5 Å². The first kappa shape index (κ1) is 30.3.